The normalized spacial score (nSPS) is 30.9. The molecule has 2 aliphatic rings. The quantitative estimate of drug-likeness (QED) is 0.811. The van der Waals surface area contributed by atoms with Crippen molar-refractivity contribution >= 4 is 6.21 Å². The summed E-state index contributed by atoms with van der Waals surface area (Å²) in [6, 6.07) is 9.40. The van der Waals surface area contributed by atoms with Crippen molar-refractivity contribution in [2.75, 3.05) is 6.54 Å². The molecule has 1 aliphatic heterocycles. The number of nitrogens with one attached hydrogen (secondary N) is 1. The number of hydrogen-bond donors (Lipinski definition) is 2. The van der Waals surface area contributed by atoms with E-state index in [1.807, 2.05) is 6.21 Å². The maximum absolute atomic E-state index is 9.86. The molecule has 0 bridgehead atoms. The summed E-state index contributed by atoms with van der Waals surface area (Å²) in [5, 5.41) is 18.3. The summed E-state index contributed by atoms with van der Waals surface area (Å²) < 4.78 is 0.598. The molecule has 1 aliphatic carbocycles. The van der Waals surface area contributed by atoms with Gasteiger partial charge in [0.25, 0.3) is 0 Å². The molecule has 1 aromatic rings. The highest BCUT2D eigenvalue weighted by molar-refractivity contribution is 5.78. The van der Waals surface area contributed by atoms with Crippen LogP contribution in [0.15, 0.2) is 41.3 Å². The Morgan fingerprint density at radius 3 is 2.71 bits per heavy atom. The van der Waals surface area contributed by atoms with Crippen molar-refractivity contribution in [2.24, 2.45) is 5.10 Å². The number of benzene rings is 1. The lowest BCUT2D eigenvalue weighted by Crippen LogP contribution is -2.39. The van der Waals surface area contributed by atoms with E-state index in [0.29, 0.717) is 10.6 Å². The van der Waals surface area contributed by atoms with Crippen molar-refractivity contribution in [3.63, 3.8) is 0 Å². The molecular formula is C20H30N3O+. The van der Waals surface area contributed by atoms with Crippen molar-refractivity contribution in [1.82, 2.24) is 5.32 Å². The van der Waals surface area contributed by atoms with E-state index in [4.69, 9.17) is 5.10 Å². The van der Waals surface area contributed by atoms with E-state index < -0.39 is 0 Å². The van der Waals surface area contributed by atoms with E-state index in [0.717, 1.165) is 37.9 Å². The summed E-state index contributed by atoms with van der Waals surface area (Å²) in [5.41, 5.74) is 3.69. The van der Waals surface area contributed by atoms with Gasteiger partial charge in [-0.15, -0.1) is 0 Å². The van der Waals surface area contributed by atoms with Crippen LogP contribution in [0.5, 0.6) is 0 Å². The molecular weight excluding hydrogens is 298 g/mol. The molecule has 1 heterocycles. The van der Waals surface area contributed by atoms with Gasteiger partial charge in [0.15, 0.2) is 0 Å². The van der Waals surface area contributed by atoms with E-state index in [2.05, 4.69) is 56.6 Å². The monoisotopic (exact) mass is 328 g/mol. The first-order valence-corrected chi connectivity index (χ1v) is 9.19. The third-order valence-electron chi connectivity index (χ3n) is 5.53. The van der Waals surface area contributed by atoms with E-state index in [9.17, 15) is 5.11 Å². The van der Waals surface area contributed by atoms with Crippen LogP contribution in [-0.4, -0.2) is 34.6 Å². The van der Waals surface area contributed by atoms with Crippen molar-refractivity contribution in [1.29, 1.82) is 0 Å². The zero-order valence-corrected chi connectivity index (χ0v) is 15.1. The van der Waals surface area contributed by atoms with E-state index in [1.165, 1.54) is 11.1 Å². The van der Waals surface area contributed by atoms with Gasteiger partial charge in [0.05, 0.1) is 6.10 Å². The number of rotatable bonds is 5. The van der Waals surface area contributed by atoms with Gasteiger partial charge < -0.3 is 10.4 Å². The van der Waals surface area contributed by atoms with Gasteiger partial charge in [0.1, 0.15) is 30.7 Å². The highest BCUT2D eigenvalue weighted by Crippen LogP contribution is 2.33. The summed E-state index contributed by atoms with van der Waals surface area (Å²) in [4.78, 5) is 0. The lowest BCUT2D eigenvalue weighted by atomic mass is 9.93. The number of hydrogen-bond acceptors (Lipinski definition) is 3. The van der Waals surface area contributed by atoms with E-state index in [-0.39, 0.29) is 12.1 Å². The Morgan fingerprint density at radius 1 is 1.29 bits per heavy atom. The fourth-order valence-corrected chi connectivity index (χ4v) is 3.84. The van der Waals surface area contributed by atoms with Crippen LogP contribution < -0.4 is 5.32 Å². The number of nitrogens with zero attached hydrogens (tertiary/aromatic N) is 2. The van der Waals surface area contributed by atoms with Crippen LogP contribution in [0.3, 0.4) is 0 Å². The van der Waals surface area contributed by atoms with Gasteiger partial charge in [-0.2, -0.15) is 4.59 Å². The second kappa shape index (κ2) is 7.08. The molecule has 0 spiro atoms. The van der Waals surface area contributed by atoms with E-state index in [1.54, 1.807) is 0 Å². The predicted octanol–water partition coefficient (Wildman–Crippen LogP) is 3.63. The first-order chi connectivity index (χ1) is 11.5. The smallest absolute Gasteiger partial charge is 0.148 e. The summed E-state index contributed by atoms with van der Waals surface area (Å²) in [6.45, 7) is 7.47. The van der Waals surface area contributed by atoms with Gasteiger partial charge in [0, 0.05) is 11.6 Å². The van der Waals surface area contributed by atoms with Gasteiger partial charge in [-0.05, 0) is 46.5 Å². The number of aryl methyl sites for hydroxylation is 1. The molecule has 0 saturated heterocycles. The molecule has 0 aromatic heterocycles. The van der Waals surface area contributed by atoms with Crippen LogP contribution in [0.25, 0.3) is 0 Å². The molecule has 1 saturated carbocycles. The van der Waals surface area contributed by atoms with Crippen LogP contribution >= 0.6 is 0 Å². The topological polar surface area (TPSA) is 44.6 Å². The molecule has 4 heteroatoms. The lowest BCUT2D eigenvalue weighted by Gasteiger charge is -2.31. The van der Waals surface area contributed by atoms with Crippen LogP contribution in [0.1, 0.15) is 56.7 Å². The molecule has 4 nitrogen and oxygen atoms in total. The van der Waals surface area contributed by atoms with E-state index >= 15 is 0 Å². The molecule has 0 radical (unpaired) electrons. The largest absolute Gasteiger partial charge is 0.393 e. The zero-order chi connectivity index (χ0) is 17.2. The summed E-state index contributed by atoms with van der Waals surface area (Å²) in [5.74, 6) is 0. The molecule has 130 valence electrons. The van der Waals surface area contributed by atoms with Crippen molar-refractivity contribution in [3.05, 3.63) is 47.3 Å². The average molecular weight is 328 g/mol. The van der Waals surface area contributed by atoms with Gasteiger partial charge >= 0.3 is 0 Å². The highest BCUT2D eigenvalue weighted by Gasteiger charge is 2.36. The van der Waals surface area contributed by atoms with Gasteiger partial charge in [-0.1, -0.05) is 34.9 Å². The molecule has 24 heavy (non-hydrogen) atoms. The Kier molecular flexibility index (Phi) is 5.07. The van der Waals surface area contributed by atoms with Crippen molar-refractivity contribution in [3.8, 4) is 0 Å². The Balaban J connectivity index is 1.74. The second-order valence-corrected chi connectivity index (χ2v) is 7.28. The maximum atomic E-state index is 9.86. The maximum Gasteiger partial charge on any atom is 0.148 e. The molecule has 3 rings (SSSR count). The van der Waals surface area contributed by atoms with Gasteiger partial charge in [-0.25, -0.2) is 0 Å². The fraction of sp³-hybridized carbons (Fsp3) is 0.550. The number of aliphatic hydroxyl groups excluding tert-OH is 1. The molecule has 1 fully saturated rings. The number of aliphatic hydroxyl groups is 1. The predicted molar refractivity (Wildman–Crippen MR) is 98.4 cm³/mol. The highest BCUT2D eigenvalue weighted by atomic mass is 16.3. The minimum atomic E-state index is -0.160. The Hall–Kier alpha value is -1.65. The Bertz CT molecular complexity index is 622. The van der Waals surface area contributed by atoms with Gasteiger partial charge in [-0.3, -0.25) is 0 Å². The summed E-state index contributed by atoms with van der Waals surface area (Å²) in [7, 11) is 0. The third-order valence-corrected chi connectivity index (χ3v) is 5.53. The van der Waals surface area contributed by atoms with Crippen LogP contribution in [0, 0.1) is 6.92 Å². The number of allylic oxidation sites excluding steroid dienone is 1. The van der Waals surface area contributed by atoms with Gasteiger partial charge in [0.2, 0.25) is 0 Å². The Labute approximate surface area is 145 Å². The van der Waals surface area contributed by atoms with Crippen LogP contribution in [0.2, 0.25) is 0 Å². The standard InChI is InChI=1S/C20H30N3O/c1-4-23(16(3)17-10-8-15(2)9-11-17)14-19(13-21-23)22-18-6-5-7-20(24)12-18/h8-11,13-14,16,18,20,22,24H,4-7,12H2,1-3H3/q+1/t16-,18-,20-,23?/m1/s1. The first-order valence-electron chi connectivity index (χ1n) is 9.19. The minimum Gasteiger partial charge on any atom is -0.393 e. The second-order valence-electron chi connectivity index (χ2n) is 7.28. The lowest BCUT2D eigenvalue weighted by molar-refractivity contribution is -0.911. The van der Waals surface area contributed by atoms with Crippen LogP contribution in [-0.2, 0) is 0 Å². The third kappa shape index (κ3) is 3.55. The zero-order valence-electron chi connectivity index (χ0n) is 15.1. The summed E-state index contributed by atoms with van der Waals surface area (Å²) >= 11 is 0. The molecule has 0 amide bonds. The summed E-state index contributed by atoms with van der Waals surface area (Å²) in [6.07, 6.45) is 8.04. The van der Waals surface area contributed by atoms with Crippen molar-refractivity contribution < 1.29 is 9.70 Å². The number of quaternary nitrogens is 1. The van der Waals surface area contributed by atoms with Crippen molar-refractivity contribution in [2.45, 2.75) is 64.6 Å². The van der Waals surface area contributed by atoms with Crippen LogP contribution in [0.4, 0.5) is 0 Å². The average Bonchev–Trinajstić information content (AvgIpc) is 2.99. The fourth-order valence-electron chi connectivity index (χ4n) is 3.84. The Morgan fingerprint density at radius 2 is 2.04 bits per heavy atom. The molecule has 4 atom stereocenters. The molecule has 1 aromatic carbocycles. The molecule has 2 N–H and O–H groups in total. The first kappa shape index (κ1) is 17.2. The minimum absolute atomic E-state index is 0.160. The molecule has 1 unspecified atom stereocenters. The SMILES string of the molecule is CC[N+]1([C@H](C)c2ccc(C)cc2)C=C(N[C@@H]2CCC[C@@H](O)C2)C=N1.